The number of hydrogen-bond acceptors (Lipinski definition) is 2. The molecule has 52 heavy (non-hydrogen) atoms. The third-order valence-corrected chi connectivity index (χ3v) is 12.1. The molecule has 0 N–H and O–H groups in total. The molecular weight excluding hydrogens is 653 g/mol. The van der Waals surface area contributed by atoms with Crippen LogP contribution in [0.25, 0.3) is 108 Å². The summed E-state index contributed by atoms with van der Waals surface area (Å²) in [4.78, 5) is 0. The first-order valence-electron chi connectivity index (χ1n) is 17.7. The molecule has 0 aliphatic rings. The van der Waals surface area contributed by atoms with Gasteiger partial charge >= 0.3 is 0 Å². The molecule has 12 rings (SSSR count). The number of furan rings is 1. The van der Waals surface area contributed by atoms with Crippen LogP contribution >= 0.6 is 11.3 Å². The molecule has 0 unspecified atom stereocenters. The summed E-state index contributed by atoms with van der Waals surface area (Å²) in [5.74, 6) is 0. The molecule has 4 heterocycles. The quantitative estimate of drug-likeness (QED) is 0.182. The van der Waals surface area contributed by atoms with Gasteiger partial charge in [0.1, 0.15) is 11.2 Å². The number of nitrogens with zero attached hydrogens (tertiary/aromatic N) is 2. The molecule has 12 aromatic rings. The molecule has 0 aliphatic heterocycles. The Bertz CT molecular complexity index is 3410. The Morgan fingerprint density at radius 1 is 0.365 bits per heavy atom. The minimum atomic E-state index is 0.922. The third-order valence-electron chi connectivity index (χ3n) is 10.9. The van der Waals surface area contributed by atoms with Crippen molar-refractivity contribution in [1.82, 2.24) is 9.13 Å². The Hall–Kier alpha value is -6.62. The number of thiophene rings is 1. The minimum Gasteiger partial charge on any atom is -0.456 e. The highest BCUT2D eigenvalue weighted by Gasteiger charge is 2.21. The summed E-state index contributed by atoms with van der Waals surface area (Å²) in [6.45, 7) is 0. The number of fused-ring (bicyclic) bond motifs is 13. The number of para-hydroxylation sites is 4. The van der Waals surface area contributed by atoms with E-state index in [4.69, 9.17) is 4.42 Å². The molecule has 4 heteroatoms. The van der Waals surface area contributed by atoms with Crippen LogP contribution in [0, 0.1) is 0 Å². The average Bonchev–Trinajstić information content (AvgIpc) is 3.95. The summed E-state index contributed by atoms with van der Waals surface area (Å²) < 4.78 is 13.7. The van der Waals surface area contributed by atoms with E-state index in [1.807, 2.05) is 17.4 Å². The second-order valence-corrected chi connectivity index (χ2v) is 14.7. The normalized spacial score (nSPS) is 12.2. The van der Waals surface area contributed by atoms with Crippen LogP contribution in [0.1, 0.15) is 0 Å². The summed E-state index contributed by atoms with van der Waals surface area (Å²) in [5.41, 5.74) is 11.5. The van der Waals surface area contributed by atoms with Crippen LogP contribution in [0.3, 0.4) is 0 Å². The van der Waals surface area contributed by atoms with E-state index in [-0.39, 0.29) is 0 Å². The predicted molar refractivity (Wildman–Crippen MR) is 221 cm³/mol. The first-order chi connectivity index (χ1) is 25.8. The zero-order valence-corrected chi connectivity index (χ0v) is 28.7. The van der Waals surface area contributed by atoms with Crippen LogP contribution in [-0.2, 0) is 0 Å². The standard InChI is InChI=1S/C48H28N2OS/c1-2-12-29(13-3-1)49-38-20-7-4-14-34(38)46-40(49)25-26-41-47(46)35-15-5-8-21-39(35)50(41)30-24-27-44-37(28-30)33-19-10-18-32(48(33)52-44)31-17-11-23-43-45(31)36-16-6-9-22-42(36)51-43/h1-28H. The van der Waals surface area contributed by atoms with E-state index in [9.17, 15) is 0 Å². The number of rotatable bonds is 3. The molecule has 0 fully saturated rings. The fourth-order valence-corrected chi connectivity index (χ4v) is 10.00. The van der Waals surface area contributed by atoms with Crippen molar-refractivity contribution >= 4 is 97.1 Å². The Kier molecular flexibility index (Phi) is 5.65. The van der Waals surface area contributed by atoms with Crippen molar-refractivity contribution in [3.05, 3.63) is 170 Å². The van der Waals surface area contributed by atoms with Gasteiger partial charge in [-0.15, -0.1) is 11.3 Å². The van der Waals surface area contributed by atoms with E-state index in [0.717, 1.165) is 22.2 Å². The topological polar surface area (TPSA) is 23.0 Å². The lowest BCUT2D eigenvalue weighted by molar-refractivity contribution is 0.669. The first-order valence-corrected chi connectivity index (χ1v) is 18.5. The molecule has 0 amide bonds. The average molecular weight is 681 g/mol. The second-order valence-electron chi connectivity index (χ2n) is 13.6. The van der Waals surface area contributed by atoms with E-state index < -0.39 is 0 Å². The maximum atomic E-state index is 6.29. The van der Waals surface area contributed by atoms with Gasteiger partial charge in [0.15, 0.2) is 0 Å². The molecule has 0 radical (unpaired) electrons. The van der Waals surface area contributed by atoms with Crippen molar-refractivity contribution in [3.63, 3.8) is 0 Å². The van der Waals surface area contributed by atoms with Crippen molar-refractivity contribution < 1.29 is 4.42 Å². The zero-order chi connectivity index (χ0) is 33.9. The number of benzene rings is 8. The van der Waals surface area contributed by atoms with Crippen LogP contribution in [0.2, 0.25) is 0 Å². The van der Waals surface area contributed by atoms with E-state index in [2.05, 4.69) is 173 Å². The van der Waals surface area contributed by atoms with Crippen LogP contribution in [-0.4, -0.2) is 9.13 Å². The summed E-state index contributed by atoms with van der Waals surface area (Å²) in [6.07, 6.45) is 0. The van der Waals surface area contributed by atoms with E-state index in [1.165, 1.54) is 86.0 Å². The molecule has 8 aromatic carbocycles. The van der Waals surface area contributed by atoms with Gasteiger partial charge in [0, 0.05) is 69.4 Å². The fourth-order valence-electron chi connectivity index (χ4n) is 8.79. The van der Waals surface area contributed by atoms with Crippen LogP contribution < -0.4 is 0 Å². The lowest BCUT2D eigenvalue weighted by atomic mass is 9.98. The van der Waals surface area contributed by atoms with Crippen molar-refractivity contribution in [2.75, 3.05) is 0 Å². The molecule has 4 aromatic heterocycles. The van der Waals surface area contributed by atoms with Gasteiger partial charge in [0.05, 0.1) is 22.1 Å². The zero-order valence-electron chi connectivity index (χ0n) is 27.9. The van der Waals surface area contributed by atoms with Gasteiger partial charge in [-0.2, -0.15) is 0 Å². The maximum absolute atomic E-state index is 6.29. The summed E-state index contributed by atoms with van der Waals surface area (Å²) in [5, 5.41) is 9.99. The molecule has 3 nitrogen and oxygen atoms in total. The van der Waals surface area contributed by atoms with Crippen LogP contribution in [0.15, 0.2) is 174 Å². The first kappa shape index (κ1) is 28.1. The van der Waals surface area contributed by atoms with Crippen LogP contribution in [0.4, 0.5) is 0 Å². The lowest BCUT2D eigenvalue weighted by Gasteiger charge is -2.10. The highest BCUT2D eigenvalue weighted by atomic mass is 32.1. The Morgan fingerprint density at radius 2 is 0.962 bits per heavy atom. The SMILES string of the molecule is c1ccc(-n2c3ccccc3c3c4c5ccccc5n(-c5ccc6sc7c(-c8cccc9oc%10ccccc%10c89)cccc7c6c5)c4ccc32)cc1. The van der Waals surface area contributed by atoms with Gasteiger partial charge in [0.2, 0.25) is 0 Å². The second kappa shape index (κ2) is 10.5. The van der Waals surface area contributed by atoms with Gasteiger partial charge in [-0.25, -0.2) is 0 Å². The van der Waals surface area contributed by atoms with E-state index in [1.54, 1.807) is 0 Å². The fraction of sp³-hybridized carbons (Fsp3) is 0. The highest BCUT2D eigenvalue weighted by molar-refractivity contribution is 7.26. The molecule has 0 atom stereocenters. The van der Waals surface area contributed by atoms with E-state index >= 15 is 0 Å². The van der Waals surface area contributed by atoms with Crippen molar-refractivity contribution in [3.8, 4) is 22.5 Å². The smallest absolute Gasteiger partial charge is 0.136 e. The number of hydrogen-bond donors (Lipinski definition) is 0. The molecule has 0 saturated heterocycles. The Morgan fingerprint density at radius 3 is 1.73 bits per heavy atom. The molecule has 0 saturated carbocycles. The largest absolute Gasteiger partial charge is 0.456 e. The van der Waals surface area contributed by atoms with Gasteiger partial charge < -0.3 is 13.6 Å². The molecular formula is C48H28N2OS. The van der Waals surface area contributed by atoms with Crippen LogP contribution in [0.5, 0.6) is 0 Å². The maximum Gasteiger partial charge on any atom is 0.136 e. The Labute approximate surface area is 301 Å². The van der Waals surface area contributed by atoms with Crippen molar-refractivity contribution in [2.45, 2.75) is 0 Å². The predicted octanol–water partition coefficient (Wildman–Crippen LogP) is 13.8. The Balaban J connectivity index is 1.12. The van der Waals surface area contributed by atoms with Crippen molar-refractivity contribution in [1.29, 1.82) is 0 Å². The molecule has 0 aliphatic carbocycles. The molecule has 0 spiro atoms. The summed E-state index contributed by atoms with van der Waals surface area (Å²) in [6, 6.07) is 61.6. The summed E-state index contributed by atoms with van der Waals surface area (Å²) >= 11 is 1.87. The third kappa shape index (κ3) is 3.74. The van der Waals surface area contributed by atoms with Gasteiger partial charge in [0.25, 0.3) is 0 Å². The monoisotopic (exact) mass is 680 g/mol. The van der Waals surface area contributed by atoms with Crippen molar-refractivity contribution in [2.24, 2.45) is 0 Å². The van der Waals surface area contributed by atoms with Gasteiger partial charge in [-0.05, 0) is 72.3 Å². The minimum absolute atomic E-state index is 0.922. The lowest BCUT2D eigenvalue weighted by Crippen LogP contribution is -1.94. The van der Waals surface area contributed by atoms with Gasteiger partial charge in [-0.3, -0.25) is 0 Å². The van der Waals surface area contributed by atoms with E-state index in [0.29, 0.717) is 0 Å². The molecule has 0 bridgehead atoms. The summed E-state index contributed by atoms with van der Waals surface area (Å²) in [7, 11) is 0. The molecule has 242 valence electrons. The highest BCUT2D eigenvalue weighted by Crippen LogP contribution is 2.46. The van der Waals surface area contributed by atoms with Gasteiger partial charge in [-0.1, -0.05) is 103 Å². The number of aromatic nitrogens is 2.